The Labute approximate surface area is 185 Å². The number of amidine groups is 1. The van der Waals surface area contributed by atoms with E-state index in [1.54, 1.807) is 13.8 Å². The maximum absolute atomic E-state index is 14.8. The van der Waals surface area contributed by atoms with Crippen molar-refractivity contribution in [2.75, 3.05) is 5.32 Å². The van der Waals surface area contributed by atoms with E-state index in [0.717, 1.165) is 12.1 Å². The highest BCUT2D eigenvalue weighted by Gasteiger charge is 2.37. The highest BCUT2D eigenvalue weighted by Crippen LogP contribution is 2.34. The molecule has 1 atom stereocenters. The lowest BCUT2D eigenvalue weighted by Crippen LogP contribution is -2.50. The number of hydrogen-bond acceptors (Lipinski definition) is 5. The van der Waals surface area contributed by atoms with Crippen molar-refractivity contribution in [1.29, 1.82) is 5.41 Å². The minimum Gasteiger partial charge on any atom is -0.360 e. The van der Waals surface area contributed by atoms with Crippen LogP contribution in [-0.4, -0.2) is 26.7 Å². The molecule has 0 aliphatic carbocycles. The van der Waals surface area contributed by atoms with E-state index in [-0.39, 0.29) is 29.2 Å². The fourth-order valence-corrected chi connectivity index (χ4v) is 3.66. The Morgan fingerprint density at radius 1 is 1.18 bits per heavy atom. The van der Waals surface area contributed by atoms with Gasteiger partial charge >= 0.3 is 6.18 Å². The average Bonchev–Trinajstić information content (AvgIpc) is 2.74. The Bertz CT molecular complexity index is 1260. The van der Waals surface area contributed by atoms with Gasteiger partial charge in [0.05, 0.1) is 22.4 Å². The summed E-state index contributed by atoms with van der Waals surface area (Å²) < 4.78 is 52.9. The number of nitrogens with one attached hydrogen (secondary N) is 3. The summed E-state index contributed by atoms with van der Waals surface area (Å²) in [5.41, 5.74) is -0.708. The summed E-state index contributed by atoms with van der Waals surface area (Å²) in [4.78, 5) is 24.5. The van der Waals surface area contributed by atoms with E-state index in [2.05, 4.69) is 25.6 Å². The number of amides is 1. The molecular formula is C22H18F4N6O. The van der Waals surface area contributed by atoms with Gasteiger partial charge in [-0.15, -0.1) is 0 Å². The number of pyridine rings is 1. The molecule has 0 radical (unpaired) electrons. The van der Waals surface area contributed by atoms with Gasteiger partial charge in [-0.1, -0.05) is 0 Å². The maximum Gasteiger partial charge on any atom is 0.417 e. The summed E-state index contributed by atoms with van der Waals surface area (Å²) >= 11 is 0. The number of carbonyl (C=O) groups excluding carboxylic acids is 1. The SMILES string of the molecule is Cc1ncc2c(n1)C[C@@](C)(c1cc(NC(=O)c3ccc(C(F)(F)F)cn3)ccc1F)NC2=N. The van der Waals surface area contributed by atoms with E-state index in [9.17, 15) is 22.4 Å². The van der Waals surface area contributed by atoms with Gasteiger partial charge in [-0.3, -0.25) is 15.2 Å². The first kappa shape index (κ1) is 22.3. The van der Waals surface area contributed by atoms with Crippen molar-refractivity contribution in [3.63, 3.8) is 0 Å². The standard InChI is InChI=1S/C22H18F4N6O/c1-11-28-10-14-18(30-11)8-21(2,32-19(14)27)15-7-13(4-5-16(15)23)31-20(33)17-6-3-12(9-29-17)22(24,25)26/h3-7,9-10H,8H2,1-2H3,(H2,27,32)(H,31,33)/t21-/m0/s1. The highest BCUT2D eigenvalue weighted by atomic mass is 19.4. The van der Waals surface area contributed by atoms with Crippen LogP contribution in [0.25, 0.3) is 0 Å². The highest BCUT2D eigenvalue weighted by molar-refractivity contribution is 6.03. The van der Waals surface area contributed by atoms with Crippen molar-refractivity contribution in [3.8, 4) is 0 Å². The van der Waals surface area contributed by atoms with Crippen molar-refractivity contribution in [3.05, 3.63) is 82.4 Å². The Morgan fingerprint density at radius 2 is 1.94 bits per heavy atom. The third-order valence-corrected chi connectivity index (χ3v) is 5.32. The van der Waals surface area contributed by atoms with Crippen LogP contribution in [0.15, 0.2) is 42.7 Å². The molecule has 0 saturated heterocycles. The topological polar surface area (TPSA) is 104 Å². The van der Waals surface area contributed by atoms with Crippen molar-refractivity contribution in [2.45, 2.75) is 32.0 Å². The van der Waals surface area contributed by atoms with Crippen LogP contribution in [0.5, 0.6) is 0 Å². The van der Waals surface area contributed by atoms with Crippen molar-refractivity contribution in [2.24, 2.45) is 0 Å². The van der Waals surface area contributed by atoms with E-state index in [4.69, 9.17) is 5.41 Å². The lowest BCUT2D eigenvalue weighted by atomic mass is 9.82. The van der Waals surface area contributed by atoms with Crippen LogP contribution in [0.1, 0.15) is 45.6 Å². The molecule has 0 bridgehead atoms. The molecule has 4 rings (SSSR count). The zero-order chi connectivity index (χ0) is 24.0. The number of fused-ring (bicyclic) bond motifs is 1. The van der Waals surface area contributed by atoms with Gasteiger partial charge in [-0.2, -0.15) is 13.2 Å². The molecule has 2 aromatic heterocycles. The monoisotopic (exact) mass is 458 g/mol. The lowest BCUT2D eigenvalue weighted by Gasteiger charge is -2.37. The molecular weight excluding hydrogens is 440 g/mol. The van der Waals surface area contributed by atoms with Gasteiger partial charge < -0.3 is 10.6 Å². The number of aromatic nitrogens is 3. The number of aryl methyl sites for hydroxylation is 1. The number of alkyl halides is 3. The van der Waals surface area contributed by atoms with Gasteiger partial charge in [-0.05, 0) is 44.2 Å². The molecule has 7 nitrogen and oxygen atoms in total. The zero-order valence-corrected chi connectivity index (χ0v) is 17.5. The van der Waals surface area contributed by atoms with Crippen molar-refractivity contribution >= 4 is 17.4 Å². The maximum atomic E-state index is 14.8. The summed E-state index contributed by atoms with van der Waals surface area (Å²) in [7, 11) is 0. The summed E-state index contributed by atoms with van der Waals surface area (Å²) in [6, 6.07) is 5.64. The fourth-order valence-electron chi connectivity index (χ4n) is 3.66. The van der Waals surface area contributed by atoms with Gasteiger partial charge in [0.1, 0.15) is 23.2 Å². The van der Waals surface area contributed by atoms with Gasteiger partial charge in [-0.25, -0.2) is 14.4 Å². The number of benzene rings is 1. The zero-order valence-electron chi connectivity index (χ0n) is 17.5. The van der Waals surface area contributed by atoms with Gasteiger partial charge in [0.25, 0.3) is 5.91 Å². The van der Waals surface area contributed by atoms with E-state index >= 15 is 0 Å². The van der Waals surface area contributed by atoms with E-state index in [1.165, 1.54) is 24.4 Å². The molecule has 11 heteroatoms. The first-order valence-electron chi connectivity index (χ1n) is 9.80. The van der Waals surface area contributed by atoms with Crippen LogP contribution >= 0.6 is 0 Å². The number of rotatable bonds is 3. The summed E-state index contributed by atoms with van der Waals surface area (Å²) in [5, 5.41) is 13.8. The summed E-state index contributed by atoms with van der Waals surface area (Å²) in [5.74, 6) is -0.736. The third kappa shape index (κ3) is 4.38. The number of halogens is 4. The van der Waals surface area contributed by atoms with Crippen molar-refractivity contribution in [1.82, 2.24) is 20.3 Å². The van der Waals surface area contributed by atoms with Crippen LogP contribution in [0.4, 0.5) is 23.2 Å². The van der Waals surface area contributed by atoms with Gasteiger partial charge in [0.2, 0.25) is 0 Å². The Balaban J connectivity index is 1.61. The van der Waals surface area contributed by atoms with Crippen LogP contribution < -0.4 is 10.6 Å². The second-order valence-corrected chi connectivity index (χ2v) is 7.87. The lowest BCUT2D eigenvalue weighted by molar-refractivity contribution is -0.137. The minimum absolute atomic E-state index is 0.0431. The average molecular weight is 458 g/mol. The second-order valence-electron chi connectivity index (χ2n) is 7.87. The molecule has 0 unspecified atom stereocenters. The van der Waals surface area contributed by atoms with E-state index in [1.807, 2.05) is 0 Å². The van der Waals surface area contributed by atoms with Crippen LogP contribution in [0.3, 0.4) is 0 Å². The molecule has 1 aliphatic heterocycles. The quantitative estimate of drug-likeness (QED) is 0.516. The van der Waals surface area contributed by atoms with Gasteiger partial charge in [0, 0.05) is 30.1 Å². The molecule has 0 spiro atoms. The van der Waals surface area contributed by atoms with E-state index < -0.39 is 29.0 Å². The summed E-state index contributed by atoms with van der Waals surface area (Å²) in [6.45, 7) is 3.43. The van der Waals surface area contributed by atoms with Gasteiger partial charge in [0.15, 0.2) is 0 Å². The molecule has 1 aromatic carbocycles. The van der Waals surface area contributed by atoms with Crippen LogP contribution in [0, 0.1) is 18.2 Å². The molecule has 1 aliphatic rings. The number of hydrogen-bond donors (Lipinski definition) is 3. The number of carbonyl (C=O) groups is 1. The summed E-state index contributed by atoms with van der Waals surface area (Å²) in [6.07, 6.45) is -2.18. The first-order chi connectivity index (χ1) is 15.5. The van der Waals surface area contributed by atoms with Crippen LogP contribution in [-0.2, 0) is 18.1 Å². The second kappa shape index (κ2) is 7.91. The Hall–Kier alpha value is -3.89. The van der Waals surface area contributed by atoms with Crippen LogP contribution in [0.2, 0.25) is 0 Å². The van der Waals surface area contributed by atoms with Crippen molar-refractivity contribution < 1.29 is 22.4 Å². The molecule has 3 aromatic rings. The normalized spacial score (nSPS) is 17.8. The first-order valence-corrected chi connectivity index (χ1v) is 9.80. The largest absolute Gasteiger partial charge is 0.417 e. The molecule has 3 N–H and O–H groups in total. The smallest absolute Gasteiger partial charge is 0.360 e. The molecule has 0 saturated carbocycles. The predicted octanol–water partition coefficient (Wildman–Crippen LogP) is 3.98. The molecule has 3 heterocycles. The molecule has 0 fully saturated rings. The predicted molar refractivity (Wildman–Crippen MR) is 111 cm³/mol. The van der Waals surface area contributed by atoms with E-state index in [0.29, 0.717) is 23.3 Å². The Morgan fingerprint density at radius 3 is 2.61 bits per heavy atom. The molecule has 170 valence electrons. The fraction of sp³-hybridized carbons (Fsp3) is 0.227. The molecule has 1 amide bonds. The minimum atomic E-state index is -4.56. The number of nitrogens with zero attached hydrogens (tertiary/aromatic N) is 3. The number of anilines is 1. The third-order valence-electron chi connectivity index (χ3n) is 5.32. The molecule has 33 heavy (non-hydrogen) atoms. The Kier molecular flexibility index (Phi) is 5.35.